The molecule has 2 saturated carbocycles. The number of nitrogens with two attached hydrogens (primary N) is 1. The highest BCUT2D eigenvalue weighted by Crippen LogP contribution is 2.62. The molecule has 0 radical (unpaired) electrons. The number of carbonyl (C=O) groups is 5. The average Bonchev–Trinajstić information content (AvgIpc) is 3.30. The summed E-state index contributed by atoms with van der Waals surface area (Å²) < 4.78 is 0. The summed E-state index contributed by atoms with van der Waals surface area (Å²) in [5.41, 5.74) is 2.19. The first-order chi connectivity index (χ1) is 19.9. The molecule has 13 heteroatoms. The van der Waals surface area contributed by atoms with Crippen LogP contribution in [0.5, 0.6) is 5.75 Å². The van der Waals surface area contributed by atoms with E-state index in [1.807, 2.05) is 31.3 Å². The number of anilines is 2. The van der Waals surface area contributed by atoms with Gasteiger partial charge in [0.15, 0.2) is 39.8 Å². The van der Waals surface area contributed by atoms with E-state index in [0.717, 1.165) is 5.69 Å². The lowest BCUT2D eigenvalue weighted by atomic mass is 9.42. The number of primary amides is 1. The summed E-state index contributed by atoms with van der Waals surface area (Å²) in [6.45, 7) is 5.23. The fraction of sp³-hybridized carbons (Fsp3) is 0.533. The van der Waals surface area contributed by atoms with Crippen molar-refractivity contribution in [3.8, 4) is 5.75 Å². The molecule has 5 N–H and O–H groups in total. The number of likely N-dealkylation sites (N-methyl/N-ethyl adjacent to an activating group) is 1. The fourth-order valence-electron chi connectivity index (χ4n) is 7.96. The summed E-state index contributed by atoms with van der Waals surface area (Å²) in [4.78, 5) is 76.1. The van der Waals surface area contributed by atoms with E-state index in [1.54, 1.807) is 27.1 Å². The third-order valence-corrected chi connectivity index (χ3v) is 10.5. The Balaban J connectivity index is 1.68. The summed E-state index contributed by atoms with van der Waals surface area (Å²) in [7, 11) is 6.74. The third kappa shape index (κ3) is 4.15. The molecule has 6 atom stereocenters. The minimum Gasteiger partial charge on any atom is -0.507 e. The Bertz CT molecular complexity index is 1600. The minimum atomic E-state index is -2.84. The van der Waals surface area contributed by atoms with Gasteiger partial charge in [-0.3, -0.25) is 28.9 Å². The van der Waals surface area contributed by atoms with Crippen molar-refractivity contribution < 1.29 is 34.2 Å². The number of phenols is 1. The van der Waals surface area contributed by atoms with Gasteiger partial charge in [-0.1, -0.05) is 13.8 Å². The van der Waals surface area contributed by atoms with Crippen LogP contribution in [-0.2, 0) is 32.1 Å². The maximum atomic E-state index is 14.4. The smallest absolute Gasteiger partial charge is 0.235 e. The van der Waals surface area contributed by atoms with Gasteiger partial charge in [-0.15, -0.1) is 11.3 Å². The Hall–Kier alpha value is -3.68. The molecule has 2 unspecified atom stereocenters. The molecular formula is C30H37N5O7S. The molecular weight excluding hydrogens is 574 g/mol. The maximum Gasteiger partial charge on any atom is 0.235 e. The van der Waals surface area contributed by atoms with Gasteiger partial charge >= 0.3 is 0 Å². The number of phenolic OH excluding ortho intramolecular Hbond substituents is 1. The number of nitrogens with zero attached hydrogens (tertiary/aromatic N) is 3. The molecule has 1 aromatic heterocycles. The van der Waals surface area contributed by atoms with Crippen LogP contribution in [0.4, 0.5) is 10.8 Å². The van der Waals surface area contributed by atoms with Gasteiger partial charge in [0.2, 0.25) is 5.91 Å². The first-order valence-corrected chi connectivity index (χ1v) is 14.8. The number of aromatic hydroxyl groups is 1. The van der Waals surface area contributed by atoms with Gasteiger partial charge in [0.05, 0.1) is 23.2 Å². The number of benzene rings is 1. The van der Waals surface area contributed by atoms with E-state index >= 15 is 0 Å². The third-order valence-electron chi connectivity index (χ3n) is 9.57. The van der Waals surface area contributed by atoms with Crippen molar-refractivity contribution in [2.45, 2.75) is 51.8 Å². The van der Waals surface area contributed by atoms with Crippen molar-refractivity contribution in [2.75, 3.05) is 38.4 Å². The molecule has 3 aliphatic carbocycles. The van der Waals surface area contributed by atoms with E-state index in [2.05, 4.69) is 10.3 Å². The Morgan fingerprint density at radius 1 is 1.16 bits per heavy atom. The van der Waals surface area contributed by atoms with Crippen LogP contribution >= 0.6 is 11.3 Å². The predicted molar refractivity (Wildman–Crippen MR) is 159 cm³/mol. The number of aryl methyl sites for hydroxylation is 1. The first-order valence-electron chi connectivity index (χ1n) is 14.0. The topological polar surface area (TPSA) is 183 Å². The molecule has 5 rings (SSSR count). The monoisotopic (exact) mass is 611 g/mol. The number of amides is 1. The average molecular weight is 612 g/mol. The van der Waals surface area contributed by atoms with Crippen LogP contribution in [0.3, 0.4) is 0 Å². The number of hydrogen-bond donors (Lipinski definition) is 4. The highest BCUT2D eigenvalue weighted by Gasteiger charge is 2.76. The first kappa shape index (κ1) is 30.8. The van der Waals surface area contributed by atoms with Gasteiger partial charge in [-0.25, -0.2) is 4.98 Å². The van der Waals surface area contributed by atoms with Crippen LogP contribution in [0, 0.1) is 29.6 Å². The van der Waals surface area contributed by atoms with Crippen molar-refractivity contribution >= 4 is 51.2 Å². The number of Topliss-reactive ketones (excluding diaryl/α,β-unsaturated/α-hetero) is 4. The van der Waals surface area contributed by atoms with E-state index in [4.69, 9.17) is 5.73 Å². The summed E-state index contributed by atoms with van der Waals surface area (Å²) in [5, 5.41) is 29.3. The van der Waals surface area contributed by atoms with Crippen LogP contribution < -0.4 is 16.0 Å². The number of ketones is 4. The number of fused-ring (bicyclic) bond motifs is 3. The van der Waals surface area contributed by atoms with Crippen molar-refractivity contribution in [2.24, 2.45) is 28.4 Å². The van der Waals surface area contributed by atoms with Gasteiger partial charge in [-0.2, -0.15) is 0 Å². The van der Waals surface area contributed by atoms with Crippen molar-refractivity contribution in [3.63, 3.8) is 0 Å². The Morgan fingerprint density at radius 3 is 2.35 bits per heavy atom. The molecule has 1 heterocycles. The zero-order valence-corrected chi connectivity index (χ0v) is 26.1. The van der Waals surface area contributed by atoms with E-state index in [9.17, 15) is 34.2 Å². The largest absolute Gasteiger partial charge is 0.507 e. The van der Waals surface area contributed by atoms with E-state index in [-0.39, 0.29) is 30.7 Å². The number of aromatic nitrogens is 1. The van der Waals surface area contributed by atoms with Crippen LogP contribution in [0.2, 0.25) is 0 Å². The van der Waals surface area contributed by atoms with Crippen molar-refractivity contribution in [1.29, 1.82) is 0 Å². The second-order valence-corrected chi connectivity index (χ2v) is 13.9. The SMILES string of the molecule is Cc1csc(NCc2cc(N(C)C)c3c(c2O)C(=O)C2C(=O)[C@]4(O)C(=O)C(C(N)=O)C(=O)[C@@H](N(C)C)[C@]4(C)C[C@]2(C)C3)n1. The molecule has 0 bridgehead atoms. The maximum absolute atomic E-state index is 14.4. The Kier molecular flexibility index (Phi) is 7.10. The molecule has 2 fully saturated rings. The lowest BCUT2D eigenvalue weighted by Gasteiger charge is -2.61. The highest BCUT2D eigenvalue weighted by molar-refractivity contribution is 7.13. The minimum absolute atomic E-state index is 0.0451. The second-order valence-electron chi connectivity index (χ2n) is 13.1. The summed E-state index contributed by atoms with van der Waals surface area (Å²) >= 11 is 1.40. The summed E-state index contributed by atoms with van der Waals surface area (Å²) in [5.74, 6) is -9.01. The summed E-state index contributed by atoms with van der Waals surface area (Å²) in [6.07, 6.45) is 0.0859. The molecule has 2 aromatic rings. The second kappa shape index (κ2) is 9.93. The lowest BCUT2D eigenvalue weighted by molar-refractivity contribution is -0.203. The zero-order chi connectivity index (χ0) is 32.0. The lowest BCUT2D eigenvalue weighted by Crippen LogP contribution is -2.79. The van der Waals surface area contributed by atoms with Crippen LogP contribution in [0.15, 0.2) is 11.4 Å². The van der Waals surface area contributed by atoms with Gasteiger partial charge in [0.1, 0.15) is 5.75 Å². The van der Waals surface area contributed by atoms with Crippen LogP contribution in [-0.4, -0.2) is 89.0 Å². The molecule has 1 amide bonds. The zero-order valence-electron chi connectivity index (χ0n) is 25.3. The molecule has 43 heavy (non-hydrogen) atoms. The van der Waals surface area contributed by atoms with E-state index < -0.39 is 63.3 Å². The van der Waals surface area contributed by atoms with E-state index in [1.165, 1.54) is 23.2 Å². The fourth-order valence-corrected chi connectivity index (χ4v) is 8.65. The van der Waals surface area contributed by atoms with Crippen LogP contribution in [0.1, 0.15) is 47.4 Å². The molecule has 3 aliphatic rings. The van der Waals surface area contributed by atoms with Gasteiger partial charge in [-0.05, 0) is 50.9 Å². The molecule has 0 spiro atoms. The van der Waals surface area contributed by atoms with E-state index in [0.29, 0.717) is 21.9 Å². The molecule has 1 aromatic carbocycles. The Morgan fingerprint density at radius 2 is 1.81 bits per heavy atom. The highest BCUT2D eigenvalue weighted by atomic mass is 32.1. The molecule has 0 saturated heterocycles. The normalized spacial score (nSPS) is 31.9. The van der Waals surface area contributed by atoms with Crippen molar-refractivity contribution in [3.05, 3.63) is 33.8 Å². The molecule has 12 nitrogen and oxygen atoms in total. The number of rotatable bonds is 6. The van der Waals surface area contributed by atoms with Crippen molar-refractivity contribution in [1.82, 2.24) is 9.88 Å². The van der Waals surface area contributed by atoms with Gasteiger partial charge in [0, 0.05) is 42.7 Å². The van der Waals surface area contributed by atoms with Gasteiger partial charge < -0.3 is 26.2 Å². The number of nitrogens with one attached hydrogen (secondary N) is 1. The number of aliphatic hydroxyl groups is 1. The number of hydrogen-bond acceptors (Lipinski definition) is 12. The number of carbonyl (C=O) groups excluding carboxylic acids is 5. The Labute approximate surface area is 253 Å². The standard InChI is InChI=1S/C30H37N5O7S/c1-13-11-43-27(33-13)32-10-14-8-16(34(4)5)15-9-28(2)12-29(3)23(35(6)7)22(38)18(26(31)41)24(39)30(29,42)25(40)19(28)21(37)17(15)20(14)36/h8,11,18-19,23,36,42H,9-10,12H2,1-7H3,(H2,31,41)(H,32,33)/t18?,19?,23-,28+,29+,30-/m1/s1. The quantitative estimate of drug-likeness (QED) is 0.343. The van der Waals surface area contributed by atoms with Crippen LogP contribution in [0.25, 0.3) is 0 Å². The number of thiazole rings is 1. The molecule has 0 aliphatic heterocycles. The van der Waals surface area contributed by atoms with Gasteiger partial charge in [0.25, 0.3) is 0 Å². The summed E-state index contributed by atoms with van der Waals surface area (Å²) in [6, 6.07) is 0.574. The molecule has 230 valence electrons. The predicted octanol–water partition coefficient (Wildman–Crippen LogP) is 1.09.